The van der Waals surface area contributed by atoms with Crippen molar-refractivity contribution in [2.24, 2.45) is 0 Å². The zero-order valence-corrected chi connectivity index (χ0v) is 10.6. The number of anilines is 1. The van der Waals surface area contributed by atoms with Gasteiger partial charge < -0.3 is 10.0 Å². The largest absolute Gasteiger partial charge is 0.478 e. The van der Waals surface area contributed by atoms with Crippen LogP contribution in [-0.2, 0) is 4.79 Å². The van der Waals surface area contributed by atoms with Crippen LogP contribution >= 0.6 is 11.8 Å². The molecule has 0 radical (unpaired) electrons. The first-order valence-electron chi connectivity index (χ1n) is 5.40. The van der Waals surface area contributed by atoms with Crippen LogP contribution in [0.5, 0.6) is 0 Å². The molecule has 1 N–H and O–H groups in total. The third-order valence-corrected chi connectivity index (χ3v) is 3.62. The molecular formula is C11H10N2O5S. The minimum absolute atomic E-state index is 0.153. The van der Waals surface area contributed by atoms with Crippen LogP contribution in [-0.4, -0.2) is 40.0 Å². The van der Waals surface area contributed by atoms with Crippen LogP contribution < -0.4 is 4.90 Å². The number of carbonyl (C=O) groups excluding carboxylic acids is 1. The lowest BCUT2D eigenvalue weighted by Crippen LogP contribution is -2.38. The Morgan fingerprint density at radius 3 is 2.79 bits per heavy atom. The van der Waals surface area contributed by atoms with E-state index >= 15 is 0 Å². The van der Waals surface area contributed by atoms with Gasteiger partial charge in [0, 0.05) is 18.4 Å². The summed E-state index contributed by atoms with van der Waals surface area (Å²) in [5, 5.41) is 19.9. The van der Waals surface area contributed by atoms with Gasteiger partial charge in [0.15, 0.2) is 0 Å². The molecule has 0 aromatic heterocycles. The van der Waals surface area contributed by atoms with Crippen molar-refractivity contribution in [2.75, 3.05) is 23.0 Å². The van der Waals surface area contributed by atoms with Crippen LogP contribution in [0.1, 0.15) is 10.4 Å². The number of amides is 1. The van der Waals surface area contributed by atoms with Gasteiger partial charge in [0.2, 0.25) is 5.91 Å². The maximum atomic E-state index is 11.8. The molecule has 1 aromatic carbocycles. The number of carbonyl (C=O) groups is 2. The Labute approximate surface area is 112 Å². The highest BCUT2D eigenvalue weighted by atomic mass is 32.2. The van der Waals surface area contributed by atoms with Crippen molar-refractivity contribution in [3.05, 3.63) is 33.9 Å². The van der Waals surface area contributed by atoms with Gasteiger partial charge in [-0.3, -0.25) is 14.9 Å². The molecule has 0 aliphatic carbocycles. The zero-order valence-electron chi connectivity index (χ0n) is 9.74. The van der Waals surface area contributed by atoms with Gasteiger partial charge in [-0.2, -0.15) is 11.8 Å². The Hall–Kier alpha value is -2.09. The van der Waals surface area contributed by atoms with Gasteiger partial charge in [-0.1, -0.05) is 0 Å². The summed E-state index contributed by atoms with van der Waals surface area (Å²) in [6, 6.07) is 3.56. The summed E-state index contributed by atoms with van der Waals surface area (Å²) >= 11 is 1.47. The summed E-state index contributed by atoms with van der Waals surface area (Å²) in [4.78, 5) is 34.3. The zero-order chi connectivity index (χ0) is 14.0. The van der Waals surface area contributed by atoms with Crippen molar-refractivity contribution in [3.8, 4) is 0 Å². The minimum Gasteiger partial charge on any atom is -0.478 e. The molecule has 0 spiro atoms. The summed E-state index contributed by atoms with van der Waals surface area (Å²) in [5.74, 6) is -0.473. The highest BCUT2D eigenvalue weighted by molar-refractivity contribution is 8.00. The molecule has 1 saturated heterocycles. The summed E-state index contributed by atoms with van der Waals surface area (Å²) in [6.07, 6.45) is 0. The van der Waals surface area contributed by atoms with E-state index in [4.69, 9.17) is 5.11 Å². The smallest absolute Gasteiger partial charge is 0.335 e. The van der Waals surface area contributed by atoms with E-state index in [2.05, 4.69) is 0 Å². The Kier molecular flexibility index (Phi) is 3.70. The molecule has 1 aromatic rings. The van der Waals surface area contributed by atoms with E-state index in [0.717, 1.165) is 6.07 Å². The first-order valence-corrected chi connectivity index (χ1v) is 6.56. The van der Waals surface area contributed by atoms with Gasteiger partial charge >= 0.3 is 5.97 Å². The van der Waals surface area contributed by atoms with Gasteiger partial charge in [-0.05, 0) is 12.1 Å². The normalized spacial score (nSPS) is 15.4. The molecule has 1 fully saturated rings. The van der Waals surface area contributed by atoms with Crippen molar-refractivity contribution in [2.45, 2.75) is 0 Å². The number of nitrogens with zero attached hydrogens (tertiary/aromatic N) is 2. The number of carboxylic acid groups (broad SMARTS) is 1. The number of carboxylic acids is 1. The van der Waals surface area contributed by atoms with Crippen molar-refractivity contribution >= 4 is 35.0 Å². The molecule has 8 heteroatoms. The summed E-state index contributed by atoms with van der Waals surface area (Å²) in [5.41, 5.74) is -0.380. The van der Waals surface area contributed by atoms with Crippen molar-refractivity contribution in [1.82, 2.24) is 0 Å². The second kappa shape index (κ2) is 5.27. The number of benzene rings is 1. The SMILES string of the molecule is O=C(O)c1ccc(N2CCSCC2=O)c([N+](=O)[O-])c1. The van der Waals surface area contributed by atoms with Gasteiger partial charge in [-0.25, -0.2) is 4.79 Å². The fraction of sp³-hybridized carbons (Fsp3) is 0.273. The third-order valence-electron chi connectivity index (χ3n) is 2.70. The van der Waals surface area contributed by atoms with E-state index in [1.165, 1.54) is 28.8 Å². The molecule has 0 unspecified atom stereocenters. The Balaban J connectivity index is 2.47. The molecule has 2 rings (SSSR count). The number of rotatable bonds is 3. The van der Waals surface area contributed by atoms with Crippen LogP contribution in [0.2, 0.25) is 0 Å². The van der Waals surface area contributed by atoms with Gasteiger partial charge in [-0.15, -0.1) is 0 Å². The maximum absolute atomic E-state index is 11.8. The second-order valence-electron chi connectivity index (χ2n) is 3.86. The molecule has 1 heterocycles. The quantitative estimate of drug-likeness (QED) is 0.663. The monoisotopic (exact) mass is 282 g/mol. The Morgan fingerprint density at radius 2 is 2.21 bits per heavy atom. The van der Waals surface area contributed by atoms with Crippen LogP contribution in [0.4, 0.5) is 11.4 Å². The molecule has 7 nitrogen and oxygen atoms in total. The Bertz CT molecular complexity index is 560. The van der Waals surface area contributed by atoms with Crippen LogP contribution in [0, 0.1) is 10.1 Å². The standard InChI is InChI=1S/C11H10N2O5S/c14-10-6-19-4-3-12(10)8-2-1-7(11(15)16)5-9(8)13(17)18/h1-2,5H,3-4,6H2,(H,15,16). The number of thioether (sulfide) groups is 1. The molecule has 19 heavy (non-hydrogen) atoms. The predicted molar refractivity (Wildman–Crippen MR) is 69.7 cm³/mol. The maximum Gasteiger partial charge on any atom is 0.335 e. The molecular weight excluding hydrogens is 272 g/mol. The molecule has 0 saturated carbocycles. The summed E-state index contributed by atoms with van der Waals surface area (Å²) < 4.78 is 0. The van der Waals surface area contributed by atoms with Crippen molar-refractivity contribution in [1.29, 1.82) is 0 Å². The molecule has 0 atom stereocenters. The Morgan fingerprint density at radius 1 is 1.47 bits per heavy atom. The van der Waals surface area contributed by atoms with E-state index in [9.17, 15) is 19.7 Å². The topological polar surface area (TPSA) is 101 Å². The van der Waals surface area contributed by atoms with E-state index in [0.29, 0.717) is 12.3 Å². The average molecular weight is 282 g/mol. The second-order valence-corrected chi connectivity index (χ2v) is 4.97. The van der Waals surface area contributed by atoms with E-state index in [-0.39, 0.29) is 28.6 Å². The number of hydrogen-bond acceptors (Lipinski definition) is 5. The summed E-state index contributed by atoms with van der Waals surface area (Å²) in [7, 11) is 0. The van der Waals surface area contributed by atoms with E-state index in [1.54, 1.807) is 0 Å². The molecule has 1 aliphatic rings. The van der Waals surface area contributed by atoms with Crippen LogP contribution in [0.25, 0.3) is 0 Å². The van der Waals surface area contributed by atoms with Crippen molar-refractivity contribution in [3.63, 3.8) is 0 Å². The van der Waals surface area contributed by atoms with Gasteiger partial charge in [0.1, 0.15) is 5.69 Å². The van der Waals surface area contributed by atoms with E-state index in [1.807, 2.05) is 0 Å². The number of aromatic carboxylic acids is 1. The molecule has 1 amide bonds. The first-order chi connectivity index (χ1) is 9.00. The van der Waals surface area contributed by atoms with Gasteiger partial charge in [0.05, 0.1) is 16.2 Å². The van der Waals surface area contributed by atoms with E-state index < -0.39 is 10.9 Å². The lowest BCUT2D eigenvalue weighted by molar-refractivity contribution is -0.384. The number of hydrogen-bond donors (Lipinski definition) is 1. The summed E-state index contributed by atoms with van der Waals surface area (Å²) in [6.45, 7) is 0.386. The van der Waals surface area contributed by atoms with Gasteiger partial charge in [0.25, 0.3) is 5.69 Å². The third kappa shape index (κ3) is 2.68. The number of nitro groups is 1. The molecule has 0 bridgehead atoms. The highest BCUT2D eigenvalue weighted by Crippen LogP contribution is 2.31. The lowest BCUT2D eigenvalue weighted by Gasteiger charge is -2.26. The molecule has 1 aliphatic heterocycles. The fourth-order valence-electron chi connectivity index (χ4n) is 1.80. The predicted octanol–water partition coefficient (Wildman–Crippen LogP) is 1.37. The molecule has 100 valence electrons. The van der Waals surface area contributed by atoms with Crippen molar-refractivity contribution < 1.29 is 19.6 Å². The fourth-order valence-corrected chi connectivity index (χ4v) is 2.59. The van der Waals surface area contributed by atoms with Crippen LogP contribution in [0.3, 0.4) is 0 Å². The average Bonchev–Trinajstić information content (AvgIpc) is 2.38. The lowest BCUT2D eigenvalue weighted by atomic mass is 10.1. The number of nitro benzene ring substituents is 1. The minimum atomic E-state index is -1.24. The first kappa shape index (κ1) is 13.3. The van der Waals surface area contributed by atoms with Crippen LogP contribution in [0.15, 0.2) is 18.2 Å². The highest BCUT2D eigenvalue weighted by Gasteiger charge is 2.27.